The Labute approximate surface area is 184 Å². The Morgan fingerprint density at radius 3 is 2.76 bits per heavy atom. The molecule has 0 unspecified atom stereocenters. The highest BCUT2D eigenvalue weighted by molar-refractivity contribution is 7.80. The van der Waals surface area contributed by atoms with Gasteiger partial charge >= 0.3 is 0 Å². The number of halogens is 2. The predicted molar refractivity (Wildman–Crippen MR) is 118 cm³/mol. The van der Waals surface area contributed by atoms with E-state index in [1.165, 1.54) is 0 Å². The van der Waals surface area contributed by atoms with Crippen LogP contribution in [0.25, 0.3) is 11.3 Å². The van der Waals surface area contributed by atoms with Crippen molar-refractivity contribution in [1.29, 1.82) is 0 Å². The number of thiocarbonyl (C=S) groups is 1. The van der Waals surface area contributed by atoms with Crippen LogP contribution in [0.1, 0.15) is 23.5 Å². The molecule has 1 aliphatic heterocycles. The Morgan fingerprint density at radius 1 is 1.17 bits per heavy atom. The van der Waals surface area contributed by atoms with Gasteiger partial charge in [0.25, 0.3) is 0 Å². The molecule has 1 fully saturated rings. The minimum Gasteiger partial charge on any atom is -0.459 e. The van der Waals surface area contributed by atoms with Gasteiger partial charge in [0.05, 0.1) is 28.4 Å². The number of nitrogens with one attached hydrogen (secondary N) is 1. The number of furan rings is 1. The molecule has 0 saturated carbocycles. The summed E-state index contributed by atoms with van der Waals surface area (Å²) >= 11 is 17.8. The molecule has 2 aromatic heterocycles. The van der Waals surface area contributed by atoms with Crippen LogP contribution in [0, 0.1) is 0 Å². The van der Waals surface area contributed by atoms with Gasteiger partial charge in [-0.05, 0) is 54.7 Å². The van der Waals surface area contributed by atoms with Gasteiger partial charge in [-0.3, -0.25) is 4.98 Å². The summed E-state index contributed by atoms with van der Waals surface area (Å²) in [4.78, 5) is 6.60. The molecule has 29 heavy (non-hydrogen) atoms. The second-order valence-corrected chi connectivity index (χ2v) is 7.84. The van der Waals surface area contributed by atoms with Gasteiger partial charge in [-0.25, -0.2) is 0 Å². The summed E-state index contributed by atoms with van der Waals surface area (Å²) < 4.78 is 11.5. The molecule has 5 nitrogen and oxygen atoms in total. The third-order valence-electron chi connectivity index (χ3n) is 4.86. The van der Waals surface area contributed by atoms with E-state index in [1.807, 2.05) is 36.4 Å². The Bertz CT molecular complexity index is 1010. The maximum Gasteiger partial charge on any atom is 0.170 e. The number of hydrogen-bond donors (Lipinski definition) is 1. The fourth-order valence-electron chi connectivity index (χ4n) is 3.46. The lowest BCUT2D eigenvalue weighted by molar-refractivity contribution is 0.158. The number of hydrogen-bond acceptors (Lipinski definition) is 4. The van der Waals surface area contributed by atoms with Crippen molar-refractivity contribution in [2.75, 3.05) is 20.3 Å². The number of aromatic nitrogens is 1. The lowest BCUT2D eigenvalue weighted by Gasteiger charge is -2.25. The Kier molecular flexibility index (Phi) is 6.06. The quantitative estimate of drug-likeness (QED) is 0.519. The zero-order valence-electron chi connectivity index (χ0n) is 15.6. The molecule has 1 aliphatic rings. The highest BCUT2D eigenvalue weighted by atomic mass is 35.5. The molecule has 4 rings (SSSR count). The minimum absolute atomic E-state index is 0.131. The molecule has 3 aromatic rings. The van der Waals surface area contributed by atoms with E-state index in [-0.39, 0.29) is 12.1 Å². The molecule has 1 saturated heterocycles. The van der Waals surface area contributed by atoms with Crippen LogP contribution in [0.15, 0.2) is 59.1 Å². The number of benzene rings is 1. The van der Waals surface area contributed by atoms with Crippen molar-refractivity contribution >= 4 is 40.5 Å². The van der Waals surface area contributed by atoms with Gasteiger partial charge in [0.15, 0.2) is 5.11 Å². The van der Waals surface area contributed by atoms with Gasteiger partial charge in [0.1, 0.15) is 17.6 Å². The van der Waals surface area contributed by atoms with Crippen molar-refractivity contribution in [3.63, 3.8) is 0 Å². The summed E-state index contributed by atoms with van der Waals surface area (Å²) in [5.41, 5.74) is 1.75. The lowest BCUT2D eigenvalue weighted by atomic mass is 10.0. The van der Waals surface area contributed by atoms with Crippen molar-refractivity contribution in [2.24, 2.45) is 0 Å². The Balaban J connectivity index is 1.71. The third kappa shape index (κ3) is 4.12. The maximum atomic E-state index is 6.25. The topological polar surface area (TPSA) is 50.5 Å². The third-order valence-corrected chi connectivity index (χ3v) is 5.95. The van der Waals surface area contributed by atoms with Crippen LogP contribution in [-0.2, 0) is 4.74 Å². The highest BCUT2D eigenvalue weighted by Gasteiger charge is 2.41. The van der Waals surface area contributed by atoms with Crippen molar-refractivity contribution in [3.8, 4) is 11.3 Å². The largest absolute Gasteiger partial charge is 0.459 e. The minimum atomic E-state index is -0.149. The molecule has 3 heterocycles. The number of nitrogens with zero attached hydrogens (tertiary/aromatic N) is 2. The maximum absolute atomic E-state index is 6.25. The molecule has 1 aromatic carbocycles. The van der Waals surface area contributed by atoms with Gasteiger partial charge in [-0.2, -0.15) is 0 Å². The number of rotatable bonds is 6. The van der Waals surface area contributed by atoms with E-state index in [4.69, 9.17) is 44.6 Å². The van der Waals surface area contributed by atoms with Gasteiger partial charge < -0.3 is 19.4 Å². The van der Waals surface area contributed by atoms with Crippen LogP contribution in [0.5, 0.6) is 0 Å². The van der Waals surface area contributed by atoms with Gasteiger partial charge in [0, 0.05) is 25.4 Å². The molecule has 0 radical (unpaired) electrons. The van der Waals surface area contributed by atoms with Crippen molar-refractivity contribution in [2.45, 2.75) is 12.1 Å². The summed E-state index contributed by atoms with van der Waals surface area (Å²) in [6.07, 6.45) is 1.78. The molecule has 1 N–H and O–H groups in total. The van der Waals surface area contributed by atoms with Crippen LogP contribution in [0.4, 0.5) is 0 Å². The lowest BCUT2D eigenvalue weighted by Crippen LogP contribution is -2.32. The molecule has 0 bridgehead atoms. The van der Waals surface area contributed by atoms with Crippen molar-refractivity contribution in [1.82, 2.24) is 15.2 Å². The Morgan fingerprint density at radius 2 is 2.03 bits per heavy atom. The van der Waals surface area contributed by atoms with Crippen LogP contribution in [0.3, 0.4) is 0 Å². The zero-order chi connectivity index (χ0) is 20.4. The van der Waals surface area contributed by atoms with Crippen LogP contribution in [0.2, 0.25) is 10.0 Å². The second-order valence-electron chi connectivity index (χ2n) is 6.64. The molecule has 150 valence electrons. The molecule has 0 amide bonds. The average Bonchev–Trinajstić information content (AvgIpc) is 3.34. The summed E-state index contributed by atoms with van der Waals surface area (Å²) in [6.45, 7) is 1.19. The van der Waals surface area contributed by atoms with E-state index < -0.39 is 0 Å². The van der Waals surface area contributed by atoms with Gasteiger partial charge in [-0.1, -0.05) is 29.3 Å². The van der Waals surface area contributed by atoms with Crippen LogP contribution < -0.4 is 5.32 Å². The van der Waals surface area contributed by atoms with Gasteiger partial charge in [-0.15, -0.1) is 0 Å². The van der Waals surface area contributed by atoms with Crippen LogP contribution in [-0.4, -0.2) is 35.3 Å². The predicted octanol–water partition coefficient (Wildman–Crippen LogP) is 5.27. The first-order chi connectivity index (χ1) is 14.1. The first kappa shape index (κ1) is 20.2. The summed E-state index contributed by atoms with van der Waals surface area (Å²) in [5.74, 6) is 1.49. The first-order valence-corrected chi connectivity index (χ1v) is 10.3. The smallest absolute Gasteiger partial charge is 0.170 e. The summed E-state index contributed by atoms with van der Waals surface area (Å²) in [7, 11) is 1.67. The van der Waals surface area contributed by atoms with E-state index >= 15 is 0 Å². The molecule has 0 spiro atoms. The number of methoxy groups -OCH3 is 1. The van der Waals surface area contributed by atoms with E-state index in [0.29, 0.717) is 34.1 Å². The van der Waals surface area contributed by atoms with Crippen LogP contribution >= 0.6 is 35.4 Å². The Hall–Kier alpha value is -2.12. The monoisotopic (exact) mass is 447 g/mol. The van der Waals surface area contributed by atoms with Crippen molar-refractivity contribution in [3.05, 3.63) is 76.2 Å². The number of pyridine rings is 1. The van der Waals surface area contributed by atoms with Crippen molar-refractivity contribution < 1.29 is 9.15 Å². The molecule has 0 aliphatic carbocycles. The molecule has 2 atom stereocenters. The summed E-state index contributed by atoms with van der Waals surface area (Å²) in [6, 6.07) is 14.9. The zero-order valence-corrected chi connectivity index (χ0v) is 18.0. The molecule has 8 heteroatoms. The standard InChI is InChI=1S/C21H19Cl2N3O2S/c1-27-11-10-26-20(19(25-21(26)29)16-4-2-3-9-24-16)18-8-7-17(28-18)13-5-6-14(22)15(23)12-13/h2-9,12,19-20H,10-11H2,1H3,(H,25,29)/t19-,20+/m0/s1. The van der Waals surface area contributed by atoms with E-state index in [2.05, 4.69) is 15.2 Å². The normalized spacial score (nSPS) is 18.9. The fourth-order valence-corrected chi connectivity index (χ4v) is 4.09. The first-order valence-electron chi connectivity index (χ1n) is 9.10. The average molecular weight is 448 g/mol. The highest BCUT2D eigenvalue weighted by Crippen LogP contribution is 2.40. The van der Waals surface area contributed by atoms with E-state index in [9.17, 15) is 0 Å². The van der Waals surface area contributed by atoms with E-state index in [1.54, 1.807) is 25.4 Å². The van der Waals surface area contributed by atoms with Gasteiger partial charge in [0.2, 0.25) is 0 Å². The summed E-state index contributed by atoms with van der Waals surface area (Å²) in [5, 5.41) is 5.03. The fraction of sp³-hybridized carbons (Fsp3) is 0.238. The molecular formula is C21H19Cl2N3O2S. The molecular weight excluding hydrogens is 429 g/mol. The SMILES string of the molecule is COCCN1C(=S)N[C@@H](c2ccccn2)[C@H]1c1ccc(-c2ccc(Cl)c(Cl)c2)o1. The number of ether oxygens (including phenoxy) is 1. The second kappa shape index (κ2) is 8.71. The van der Waals surface area contributed by atoms with E-state index in [0.717, 1.165) is 17.0 Å².